The Hall–Kier alpha value is -3.80. The number of carbonyl (C=O) groups excluding carboxylic acids is 3. The number of carbonyl (C=O) groups is 3. The number of esters is 3. The van der Waals surface area contributed by atoms with E-state index >= 15 is 0 Å². The van der Waals surface area contributed by atoms with E-state index < -0.39 is 40.6 Å². The van der Waals surface area contributed by atoms with Gasteiger partial charge in [-0.1, -0.05) is 25.1 Å². The summed E-state index contributed by atoms with van der Waals surface area (Å²) >= 11 is 0. The molecule has 0 aliphatic rings. The molecule has 1 unspecified atom stereocenters. The average molecular weight is 409 g/mol. The molecule has 0 aromatic carbocycles. The molecule has 1 aromatic heterocycles. The molecule has 12 nitrogen and oxygen atoms in total. The molecule has 0 radical (unpaired) electrons. The van der Waals surface area contributed by atoms with Crippen molar-refractivity contribution in [1.82, 2.24) is 9.55 Å². The number of aromatic nitrogens is 2. The Balaban J connectivity index is 2.69. The minimum absolute atomic E-state index is 0.197. The molecule has 0 aliphatic heterocycles. The largest absolute Gasteiger partial charge is 0.457 e. The maximum absolute atomic E-state index is 12.1. The summed E-state index contributed by atoms with van der Waals surface area (Å²) in [6, 6.07) is 0. The Bertz CT molecular complexity index is 813. The molecule has 0 saturated heterocycles. The molecule has 0 spiro atoms. The van der Waals surface area contributed by atoms with Crippen LogP contribution in [0.2, 0.25) is 0 Å². The first kappa shape index (κ1) is 23.2. The quantitative estimate of drug-likeness (QED) is 0.124. The van der Waals surface area contributed by atoms with Gasteiger partial charge in [-0.05, 0) is 11.3 Å². The highest BCUT2D eigenvalue weighted by Gasteiger charge is 2.21. The fraction of sp³-hybridized carbons (Fsp3) is 0.294. The molecule has 1 atom stereocenters. The lowest BCUT2D eigenvalue weighted by Gasteiger charge is -2.16. The fourth-order valence-corrected chi connectivity index (χ4v) is 1.71. The van der Waals surface area contributed by atoms with Gasteiger partial charge < -0.3 is 29.1 Å². The SMILES string of the molecule is C=CC(=O)O/C=C(\OC(=O)C=C)C(=O)OCC(CC)OCn1ccnc1[N+](=O)[O-]. The Morgan fingerprint density at radius 3 is 2.59 bits per heavy atom. The van der Waals surface area contributed by atoms with Crippen LogP contribution in [-0.2, 0) is 40.1 Å². The van der Waals surface area contributed by atoms with E-state index in [0.717, 1.165) is 16.7 Å². The minimum atomic E-state index is -1.10. The van der Waals surface area contributed by atoms with Gasteiger partial charge in [-0.3, -0.25) is 0 Å². The predicted molar refractivity (Wildman–Crippen MR) is 95.7 cm³/mol. The molecule has 0 bridgehead atoms. The van der Waals surface area contributed by atoms with Crippen LogP contribution >= 0.6 is 0 Å². The van der Waals surface area contributed by atoms with E-state index in [1.807, 2.05) is 0 Å². The van der Waals surface area contributed by atoms with E-state index in [1.54, 1.807) is 6.92 Å². The van der Waals surface area contributed by atoms with Crippen LogP contribution < -0.4 is 0 Å². The van der Waals surface area contributed by atoms with Crippen LogP contribution in [0, 0.1) is 10.1 Å². The topological polar surface area (TPSA) is 149 Å². The summed E-state index contributed by atoms with van der Waals surface area (Å²) < 4.78 is 20.9. The van der Waals surface area contributed by atoms with Gasteiger partial charge >= 0.3 is 23.9 Å². The monoisotopic (exact) mass is 409 g/mol. The normalized spacial score (nSPS) is 11.8. The number of rotatable bonds is 12. The summed E-state index contributed by atoms with van der Waals surface area (Å²) in [7, 11) is 0. The third kappa shape index (κ3) is 7.76. The molecule has 0 N–H and O–H groups in total. The van der Waals surface area contributed by atoms with Gasteiger partial charge in [0.25, 0.3) is 5.76 Å². The van der Waals surface area contributed by atoms with Gasteiger partial charge in [0, 0.05) is 12.2 Å². The second-order valence-corrected chi connectivity index (χ2v) is 5.13. The Labute approximate surface area is 165 Å². The van der Waals surface area contributed by atoms with Crippen molar-refractivity contribution in [2.24, 2.45) is 0 Å². The van der Waals surface area contributed by atoms with E-state index in [2.05, 4.69) is 27.6 Å². The van der Waals surface area contributed by atoms with E-state index in [-0.39, 0.29) is 13.3 Å². The highest BCUT2D eigenvalue weighted by atomic mass is 16.6. The van der Waals surface area contributed by atoms with Crippen LogP contribution in [0.5, 0.6) is 0 Å². The summed E-state index contributed by atoms with van der Waals surface area (Å²) in [6.45, 7) is 7.64. The van der Waals surface area contributed by atoms with Gasteiger partial charge in [-0.2, -0.15) is 0 Å². The summed E-state index contributed by atoms with van der Waals surface area (Å²) in [6.07, 6.45) is 4.61. The van der Waals surface area contributed by atoms with E-state index in [4.69, 9.17) is 9.47 Å². The smallest absolute Gasteiger partial charge is 0.436 e. The third-order valence-corrected chi connectivity index (χ3v) is 3.19. The lowest BCUT2D eigenvalue weighted by molar-refractivity contribution is -0.397. The van der Waals surface area contributed by atoms with E-state index in [0.29, 0.717) is 12.7 Å². The molecule has 156 valence electrons. The van der Waals surface area contributed by atoms with Crippen molar-refractivity contribution in [1.29, 1.82) is 0 Å². The van der Waals surface area contributed by atoms with Gasteiger partial charge in [-0.15, -0.1) is 0 Å². The lowest BCUT2D eigenvalue weighted by Crippen LogP contribution is -2.24. The summed E-state index contributed by atoms with van der Waals surface area (Å²) in [4.78, 5) is 48.3. The molecule has 1 rings (SSSR count). The number of hydrogen-bond acceptors (Lipinski definition) is 10. The second-order valence-electron chi connectivity index (χ2n) is 5.13. The zero-order valence-corrected chi connectivity index (χ0v) is 15.5. The van der Waals surface area contributed by atoms with Crippen LogP contribution in [0.1, 0.15) is 13.3 Å². The molecule has 1 heterocycles. The number of nitrogens with zero attached hydrogens (tertiary/aromatic N) is 3. The van der Waals surface area contributed by atoms with Crippen molar-refractivity contribution in [3.05, 3.63) is 59.8 Å². The van der Waals surface area contributed by atoms with Crippen molar-refractivity contribution in [2.45, 2.75) is 26.2 Å². The van der Waals surface area contributed by atoms with Crippen LogP contribution in [0.4, 0.5) is 5.95 Å². The molecule has 29 heavy (non-hydrogen) atoms. The molecule has 0 amide bonds. The molecule has 0 saturated carbocycles. The average Bonchev–Trinajstić information content (AvgIpc) is 3.19. The highest BCUT2D eigenvalue weighted by molar-refractivity contribution is 5.92. The first-order valence-electron chi connectivity index (χ1n) is 8.14. The molecule has 12 heteroatoms. The number of nitro groups is 1. The van der Waals surface area contributed by atoms with E-state index in [1.165, 1.54) is 12.4 Å². The maximum atomic E-state index is 12.1. The first-order chi connectivity index (χ1) is 13.8. The number of ether oxygens (including phenoxy) is 4. The van der Waals surface area contributed by atoms with Crippen LogP contribution in [0.25, 0.3) is 0 Å². The Morgan fingerprint density at radius 2 is 2.00 bits per heavy atom. The molecule has 0 aliphatic carbocycles. The predicted octanol–water partition coefficient (Wildman–Crippen LogP) is 1.39. The summed E-state index contributed by atoms with van der Waals surface area (Å²) in [5.74, 6) is -4.06. The standard InChI is InChI=1S/C17H19N3O9/c1-4-12(28-11-19-8-7-18-17(19)20(24)25)9-27-16(23)13(29-15(22)6-3)10-26-14(21)5-2/h5-8,10,12H,2-4,9,11H2,1H3/b13-10-. The summed E-state index contributed by atoms with van der Waals surface area (Å²) in [5, 5.41) is 10.8. The fourth-order valence-electron chi connectivity index (χ4n) is 1.71. The number of imidazole rings is 1. The Kier molecular flexibility index (Phi) is 9.47. The number of hydrogen-bond donors (Lipinski definition) is 0. The molecule has 0 fully saturated rings. The second kappa shape index (κ2) is 11.8. The molecular weight excluding hydrogens is 390 g/mol. The highest BCUT2D eigenvalue weighted by Crippen LogP contribution is 2.11. The third-order valence-electron chi connectivity index (χ3n) is 3.19. The zero-order valence-electron chi connectivity index (χ0n) is 15.5. The van der Waals surface area contributed by atoms with E-state index in [9.17, 15) is 24.5 Å². The first-order valence-corrected chi connectivity index (χ1v) is 8.14. The molecule has 1 aromatic rings. The van der Waals surface area contributed by atoms with Gasteiger partial charge in [-0.25, -0.2) is 19.0 Å². The van der Waals surface area contributed by atoms with Crippen LogP contribution in [-0.4, -0.2) is 45.1 Å². The minimum Gasteiger partial charge on any atom is -0.457 e. The van der Waals surface area contributed by atoms with Crippen molar-refractivity contribution >= 4 is 23.9 Å². The maximum Gasteiger partial charge on any atom is 0.436 e. The van der Waals surface area contributed by atoms with Crippen molar-refractivity contribution < 1.29 is 38.3 Å². The Morgan fingerprint density at radius 1 is 1.31 bits per heavy atom. The zero-order chi connectivity index (χ0) is 21.8. The van der Waals surface area contributed by atoms with Gasteiger partial charge in [0.15, 0.2) is 6.73 Å². The van der Waals surface area contributed by atoms with Crippen LogP contribution in [0.15, 0.2) is 49.7 Å². The van der Waals surface area contributed by atoms with Crippen molar-refractivity contribution in [2.75, 3.05) is 6.61 Å². The van der Waals surface area contributed by atoms with Gasteiger partial charge in [0.1, 0.15) is 25.3 Å². The van der Waals surface area contributed by atoms with Crippen LogP contribution in [0.3, 0.4) is 0 Å². The lowest BCUT2D eigenvalue weighted by atomic mass is 10.3. The van der Waals surface area contributed by atoms with Crippen molar-refractivity contribution in [3.63, 3.8) is 0 Å². The van der Waals surface area contributed by atoms with Gasteiger partial charge in [0.2, 0.25) is 0 Å². The molecular formula is C17H19N3O9. The van der Waals surface area contributed by atoms with Gasteiger partial charge in [0.05, 0.1) is 6.10 Å². The van der Waals surface area contributed by atoms with Crippen molar-refractivity contribution in [3.8, 4) is 0 Å². The summed E-state index contributed by atoms with van der Waals surface area (Å²) in [5.41, 5.74) is 0.